The highest BCUT2D eigenvalue weighted by Crippen LogP contribution is 2.32. The maximum absolute atomic E-state index is 13.6. The maximum Gasteiger partial charge on any atom is 0.264 e. The summed E-state index contributed by atoms with van der Waals surface area (Å²) in [7, 11) is -4.10. The Morgan fingerprint density at radius 2 is 1.43 bits per heavy atom. The van der Waals surface area contributed by atoms with E-state index < -0.39 is 22.5 Å². The first-order valence-electron chi connectivity index (χ1n) is 13.5. The van der Waals surface area contributed by atoms with Crippen LogP contribution in [0.1, 0.15) is 25.0 Å². The molecule has 0 aliphatic rings. The van der Waals surface area contributed by atoms with E-state index >= 15 is 0 Å². The van der Waals surface area contributed by atoms with Crippen LogP contribution >= 0.6 is 0 Å². The van der Waals surface area contributed by atoms with Crippen molar-refractivity contribution in [1.82, 2.24) is 5.43 Å². The Balaban J connectivity index is 1.50. The van der Waals surface area contributed by atoms with Gasteiger partial charge >= 0.3 is 0 Å². The number of hydrogen-bond acceptors (Lipinski definition) is 7. The number of carbonyl (C=O) groups excluding carboxylic acids is 1. The highest BCUT2D eigenvalue weighted by Gasteiger charge is 2.29. The number of carbonyl (C=O) groups is 1. The van der Waals surface area contributed by atoms with Crippen molar-refractivity contribution >= 4 is 27.8 Å². The predicted octanol–water partition coefficient (Wildman–Crippen LogP) is 5.41. The van der Waals surface area contributed by atoms with Crippen LogP contribution in [-0.2, 0) is 21.4 Å². The molecule has 0 saturated carbocycles. The summed E-state index contributed by atoms with van der Waals surface area (Å²) in [6.07, 6.45) is 1.45. The Labute approximate surface area is 246 Å². The molecule has 10 heteroatoms. The molecule has 0 fully saturated rings. The molecule has 4 rings (SSSR count). The molecule has 0 bridgehead atoms. The van der Waals surface area contributed by atoms with E-state index in [0.29, 0.717) is 42.6 Å². The SMILES string of the molecule is CCOc1cc(/C=N\NC(=O)CN(c2ccccc2OCC)S(=O)(=O)c2ccccc2)ccc1OCc1ccccc1. The number of para-hydroxylation sites is 2. The van der Waals surface area contributed by atoms with Gasteiger partial charge in [0.25, 0.3) is 15.9 Å². The first-order chi connectivity index (χ1) is 20.4. The summed E-state index contributed by atoms with van der Waals surface area (Å²) in [5, 5.41) is 4.05. The fraction of sp³-hybridized carbons (Fsp3) is 0.188. The van der Waals surface area contributed by atoms with Gasteiger partial charge < -0.3 is 14.2 Å². The van der Waals surface area contributed by atoms with Crippen LogP contribution in [0.3, 0.4) is 0 Å². The van der Waals surface area contributed by atoms with Crippen LogP contribution in [0.15, 0.2) is 113 Å². The summed E-state index contributed by atoms with van der Waals surface area (Å²) in [5.41, 5.74) is 4.36. The highest BCUT2D eigenvalue weighted by atomic mass is 32.2. The lowest BCUT2D eigenvalue weighted by Gasteiger charge is -2.25. The van der Waals surface area contributed by atoms with Crippen LogP contribution < -0.4 is 23.9 Å². The van der Waals surface area contributed by atoms with E-state index in [1.54, 1.807) is 67.6 Å². The highest BCUT2D eigenvalue weighted by molar-refractivity contribution is 7.92. The summed E-state index contributed by atoms with van der Waals surface area (Å²) < 4.78 is 45.6. The standard InChI is InChI=1S/C32H33N3O6S/c1-3-39-29-18-12-11-17-28(29)35(42(37,38)27-15-9-6-10-16-27)23-32(36)34-33-22-26-19-20-30(31(21-26)40-4-2)41-24-25-13-7-5-8-14-25/h5-22H,3-4,23-24H2,1-2H3,(H,34,36)/b33-22-. The number of sulfonamides is 1. The molecular formula is C32H33N3O6S. The summed E-state index contributed by atoms with van der Waals surface area (Å²) >= 11 is 0. The quantitative estimate of drug-likeness (QED) is 0.156. The van der Waals surface area contributed by atoms with Crippen LogP contribution in [0.5, 0.6) is 17.2 Å². The molecule has 0 aliphatic carbocycles. The number of hydrazone groups is 1. The third-order valence-corrected chi connectivity index (χ3v) is 7.73. The minimum atomic E-state index is -4.10. The number of nitrogens with zero attached hydrogens (tertiary/aromatic N) is 2. The van der Waals surface area contributed by atoms with E-state index in [2.05, 4.69) is 10.5 Å². The van der Waals surface area contributed by atoms with Crippen LogP contribution in [0.25, 0.3) is 0 Å². The van der Waals surface area contributed by atoms with Gasteiger partial charge in [0.2, 0.25) is 0 Å². The van der Waals surface area contributed by atoms with E-state index in [0.717, 1.165) is 9.87 Å². The van der Waals surface area contributed by atoms with E-state index in [9.17, 15) is 13.2 Å². The molecule has 0 spiro atoms. The summed E-state index contributed by atoms with van der Waals surface area (Å²) in [6.45, 7) is 4.31. The lowest BCUT2D eigenvalue weighted by atomic mass is 10.2. The average molecular weight is 588 g/mol. The van der Waals surface area contributed by atoms with Crippen molar-refractivity contribution in [3.05, 3.63) is 114 Å². The molecule has 1 N–H and O–H groups in total. The fourth-order valence-corrected chi connectivity index (χ4v) is 5.49. The molecule has 0 heterocycles. The second-order valence-corrected chi connectivity index (χ2v) is 10.8. The zero-order chi connectivity index (χ0) is 29.8. The molecule has 1 amide bonds. The van der Waals surface area contributed by atoms with Crippen LogP contribution in [0.2, 0.25) is 0 Å². The predicted molar refractivity (Wildman–Crippen MR) is 163 cm³/mol. The molecule has 4 aromatic carbocycles. The minimum absolute atomic E-state index is 0.0469. The first kappa shape index (κ1) is 30.1. The van der Waals surface area contributed by atoms with Gasteiger partial charge in [-0.2, -0.15) is 5.10 Å². The van der Waals surface area contributed by atoms with Crippen molar-refractivity contribution in [3.8, 4) is 17.2 Å². The molecule has 42 heavy (non-hydrogen) atoms. The summed E-state index contributed by atoms with van der Waals surface area (Å²) in [6, 6.07) is 29.7. The molecular weight excluding hydrogens is 554 g/mol. The molecule has 0 unspecified atom stereocenters. The Hall–Kier alpha value is -4.83. The monoisotopic (exact) mass is 587 g/mol. The van der Waals surface area contributed by atoms with Crippen molar-refractivity contribution < 1.29 is 27.4 Å². The van der Waals surface area contributed by atoms with Gasteiger partial charge in [-0.25, -0.2) is 13.8 Å². The van der Waals surface area contributed by atoms with E-state index in [4.69, 9.17) is 14.2 Å². The number of amides is 1. The Kier molecular flexibility index (Phi) is 10.5. The average Bonchev–Trinajstić information content (AvgIpc) is 3.01. The number of nitrogens with one attached hydrogen (secondary N) is 1. The second-order valence-electron chi connectivity index (χ2n) is 8.93. The minimum Gasteiger partial charge on any atom is -0.492 e. The van der Waals surface area contributed by atoms with Crippen molar-refractivity contribution in [2.75, 3.05) is 24.1 Å². The molecule has 0 saturated heterocycles. The van der Waals surface area contributed by atoms with E-state index in [1.165, 1.54) is 18.3 Å². The summed E-state index contributed by atoms with van der Waals surface area (Å²) in [5.74, 6) is 0.826. The molecule has 0 aliphatic heterocycles. The van der Waals surface area contributed by atoms with Crippen molar-refractivity contribution in [3.63, 3.8) is 0 Å². The van der Waals surface area contributed by atoms with E-state index in [1.807, 2.05) is 37.3 Å². The van der Waals surface area contributed by atoms with Crippen molar-refractivity contribution in [2.24, 2.45) is 5.10 Å². The molecule has 0 radical (unpaired) electrons. The van der Waals surface area contributed by atoms with Gasteiger partial charge in [0.05, 0.1) is 30.0 Å². The smallest absolute Gasteiger partial charge is 0.264 e. The largest absolute Gasteiger partial charge is 0.492 e. The fourth-order valence-electron chi connectivity index (χ4n) is 4.03. The Bertz CT molecular complexity index is 1600. The lowest BCUT2D eigenvalue weighted by molar-refractivity contribution is -0.119. The summed E-state index contributed by atoms with van der Waals surface area (Å²) in [4.78, 5) is 13.0. The Morgan fingerprint density at radius 1 is 0.786 bits per heavy atom. The lowest BCUT2D eigenvalue weighted by Crippen LogP contribution is -2.39. The van der Waals surface area contributed by atoms with Crippen LogP contribution in [0, 0.1) is 0 Å². The maximum atomic E-state index is 13.6. The van der Waals surface area contributed by atoms with Gasteiger partial charge in [-0.05, 0) is 67.4 Å². The van der Waals surface area contributed by atoms with Crippen LogP contribution in [-0.4, -0.2) is 40.3 Å². The number of benzene rings is 4. The van der Waals surface area contributed by atoms with Gasteiger partial charge in [0.1, 0.15) is 18.9 Å². The number of anilines is 1. The third-order valence-electron chi connectivity index (χ3n) is 5.96. The zero-order valence-electron chi connectivity index (χ0n) is 23.5. The number of ether oxygens (including phenoxy) is 3. The van der Waals surface area contributed by atoms with Crippen LogP contribution in [0.4, 0.5) is 5.69 Å². The first-order valence-corrected chi connectivity index (χ1v) is 14.9. The second kappa shape index (κ2) is 14.7. The van der Waals surface area contributed by atoms with E-state index in [-0.39, 0.29) is 10.6 Å². The normalized spacial score (nSPS) is 11.2. The molecule has 218 valence electrons. The van der Waals surface area contributed by atoms with Gasteiger partial charge in [-0.15, -0.1) is 0 Å². The van der Waals surface area contributed by atoms with Gasteiger partial charge in [-0.3, -0.25) is 9.10 Å². The molecule has 9 nitrogen and oxygen atoms in total. The van der Waals surface area contributed by atoms with Gasteiger partial charge in [0.15, 0.2) is 11.5 Å². The number of hydrogen-bond donors (Lipinski definition) is 1. The Morgan fingerprint density at radius 3 is 2.14 bits per heavy atom. The molecule has 0 aromatic heterocycles. The number of rotatable bonds is 14. The van der Waals surface area contributed by atoms with Crippen molar-refractivity contribution in [2.45, 2.75) is 25.3 Å². The molecule has 0 atom stereocenters. The third kappa shape index (κ3) is 7.88. The van der Waals surface area contributed by atoms with Crippen molar-refractivity contribution in [1.29, 1.82) is 0 Å². The zero-order valence-corrected chi connectivity index (χ0v) is 24.3. The topological polar surface area (TPSA) is 107 Å². The van der Waals surface area contributed by atoms with Gasteiger partial charge in [-0.1, -0.05) is 60.7 Å². The van der Waals surface area contributed by atoms with Gasteiger partial charge in [0, 0.05) is 0 Å². The molecule has 4 aromatic rings.